The van der Waals surface area contributed by atoms with E-state index in [1.807, 2.05) is 34.6 Å². The smallest absolute Gasteiger partial charge is 0.161 e. The standard InChI is InChI=1S/C17H27N5O2S2/c1-23-13-6-5-11(7-14(13)24-2)16-19-12(8-25-16)9-26-17-21-20-15(22(17)18)10-3-4-10/h5-7,10,12,15-17,19-21H,3-4,8-9,18H2,1-2H3. The van der Waals surface area contributed by atoms with Crippen LogP contribution in [-0.2, 0) is 0 Å². The Hall–Kier alpha value is -0.680. The Balaban J connectivity index is 1.29. The highest BCUT2D eigenvalue weighted by Crippen LogP contribution is 2.39. The van der Waals surface area contributed by atoms with Crippen LogP contribution >= 0.6 is 23.5 Å². The molecule has 1 aromatic rings. The van der Waals surface area contributed by atoms with E-state index in [0.29, 0.717) is 12.0 Å². The maximum Gasteiger partial charge on any atom is 0.161 e. The Morgan fingerprint density at radius 3 is 2.77 bits per heavy atom. The molecule has 2 heterocycles. The monoisotopic (exact) mass is 397 g/mol. The van der Waals surface area contributed by atoms with Crippen molar-refractivity contribution < 1.29 is 9.47 Å². The van der Waals surface area contributed by atoms with Gasteiger partial charge in [0.05, 0.1) is 25.8 Å². The summed E-state index contributed by atoms with van der Waals surface area (Å²) in [4.78, 5) is 0. The van der Waals surface area contributed by atoms with Crippen molar-refractivity contribution in [2.75, 3.05) is 25.7 Å². The molecule has 26 heavy (non-hydrogen) atoms. The average molecular weight is 398 g/mol. The Bertz CT molecular complexity index is 633. The van der Waals surface area contributed by atoms with Crippen molar-refractivity contribution in [2.24, 2.45) is 11.8 Å². The number of hydrogen-bond donors (Lipinski definition) is 4. The van der Waals surface area contributed by atoms with E-state index < -0.39 is 0 Å². The second kappa shape index (κ2) is 8.14. The topological polar surface area (TPSA) is 83.8 Å². The molecule has 4 unspecified atom stereocenters. The Morgan fingerprint density at radius 2 is 2.04 bits per heavy atom. The summed E-state index contributed by atoms with van der Waals surface area (Å²) in [6.07, 6.45) is 2.83. The minimum Gasteiger partial charge on any atom is -0.493 e. The van der Waals surface area contributed by atoms with Crippen LogP contribution in [0.3, 0.4) is 0 Å². The molecule has 4 atom stereocenters. The molecule has 9 heteroatoms. The predicted octanol–water partition coefficient (Wildman–Crippen LogP) is 1.44. The van der Waals surface area contributed by atoms with Crippen LogP contribution in [0.2, 0.25) is 0 Å². The second-order valence-electron chi connectivity index (χ2n) is 6.90. The Morgan fingerprint density at radius 1 is 1.23 bits per heavy atom. The number of ether oxygens (including phenoxy) is 2. The lowest BCUT2D eigenvalue weighted by Gasteiger charge is -2.23. The molecule has 3 fully saturated rings. The van der Waals surface area contributed by atoms with Crippen molar-refractivity contribution in [2.45, 2.75) is 35.9 Å². The number of nitrogens with zero attached hydrogens (tertiary/aromatic N) is 1. The van der Waals surface area contributed by atoms with Crippen molar-refractivity contribution in [3.8, 4) is 11.5 Å². The van der Waals surface area contributed by atoms with Gasteiger partial charge in [-0.2, -0.15) is 0 Å². The number of hydrogen-bond acceptors (Lipinski definition) is 9. The van der Waals surface area contributed by atoms with Gasteiger partial charge in [0.1, 0.15) is 5.50 Å². The minimum atomic E-state index is 0.132. The molecule has 7 nitrogen and oxygen atoms in total. The van der Waals surface area contributed by atoms with Gasteiger partial charge in [-0.15, -0.1) is 23.5 Å². The third kappa shape index (κ3) is 3.94. The molecule has 1 saturated carbocycles. The first-order valence-corrected chi connectivity index (χ1v) is 11.0. The lowest BCUT2D eigenvalue weighted by molar-refractivity contribution is 0.211. The Kier molecular flexibility index (Phi) is 5.84. The maximum absolute atomic E-state index is 6.26. The summed E-state index contributed by atoms with van der Waals surface area (Å²) < 4.78 is 10.7. The van der Waals surface area contributed by atoms with Crippen LogP contribution in [0.5, 0.6) is 11.5 Å². The summed E-state index contributed by atoms with van der Waals surface area (Å²) in [5, 5.41) is 5.94. The number of benzene rings is 1. The van der Waals surface area contributed by atoms with Crippen LogP contribution in [0.4, 0.5) is 0 Å². The lowest BCUT2D eigenvalue weighted by atomic mass is 10.2. The van der Waals surface area contributed by atoms with Crippen LogP contribution in [0.1, 0.15) is 23.8 Å². The fraction of sp³-hybridized carbons (Fsp3) is 0.647. The number of rotatable bonds is 7. The third-order valence-electron chi connectivity index (χ3n) is 5.03. The van der Waals surface area contributed by atoms with Crippen molar-refractivity contribution in [1.29, 1.82) is 0 Å². The van der Waals surface area contributed by atoms with E-state index in [9.17, 15) is 0 Å². The molecule has 0 bridgehead atoms. The van der Waals surface area contributed by atoms with Gasteiger partial charge < -0.3 is 9.47 Å². The first-order chi connectivity index (χ1) is 12.7. The summed E-state index contributed by atoms with van der Waals surface area (Å²) in [5.41, 5.74) is 8.00. The first kappa shape index (κ1) is 18.7. The van der Waals surface area contributed by atoms with E-state index in [2.05, 4.69) is 28.3 Å². The van der Waals surface area contributed by atoms with Gasteiger partial charge in [0.2, 0.25) is 0 Å². The zero-order chi connectivity index (χ0) is 18.1. The molecular weight excluding hydrogens is 370 g/mol. The molecule has 2 aliphatic heterocycles. The van der Waals surface area contributed by atoms with Gasteiger partial charge >= 0.3 is 0 Å². The summed E-state index contributed by atoms with van der Waals surface area (Å²) in [6, 6.07) is 6.59. The highest BCUT2D eigenvalue weighted by molar-refractivity contribution is 8.00. The summed E-state index contributed by atoms with van der Waals surface area (Å²) in [5.74, 6) is 10.6. The van der Waals surface area contributed by atoms with Crippen molar-refractivity contribution in [1.82, 2.24) is 21.2 Å². The minimum absolute atomic E-state index is 0.132. The number of methoxy groups -OCH3 is 2. The van der Waals surface area contributed by atoms with Crippen LogP contribution in [0.25, 0.3) is 0 Å². The normalized spacial score (nSPS) is 32.1. The first-order valence-electron chi connectivity index (χ1n) is 8.95. The molecule has 4 rings (SSSR count). The molecule has 0 spiro atoms. The number of nitrogens with one attached hydrogen (secondary N) is 3. The lowest BCUT2D eigenvalue weighted by Crippen LogP contribution is -2.45. The van der Waals surface area contributed by atoms with Crippen LogP contribution < -0.4 is 31.5 Å². The van der Waals surface area contributed by atoms with Gasteiger partial charge in [0.15, 0.2) is 11.5 Å². The van der Waals surface area contributed by atoms with Gasteiger partial charge in [0.25, 0.3) is 0 Å². The van der Waals surface area contributed by atoms with E-state index >= 15 is 0 Å². The summed E-state index contributed by atoms with van der Waals surface area (Å²) in [6.45, 7) is 0. The van der Waals surface area contributed by atoms with Crippen molar-refractivity contribution >= 4 is 23.5 Å². The van der Waals surface area contributed by atoms with E-state index in [1.54, 1.807) is 14.2 Å². The maximum atomic E-state index is 6.26. The van der Waals surface area contributed by atoms with Crippen molar-refractivity contribution in [3.63, 3.8) is 0 Å². The highest BCUT2D eigenvalue weighted by Gasteiger charge is 2.41. The number of thioether (sulfide) groups is 2. The van der Waals surface area contributed by atoms with Gasteiger partial charge in [-0.3, -0.25) is 11.2 Å². The second-order valence-corrected chi connectivity index (χ2v) is 9.15. The van der Waals surface area contributed by atoms with Gasteiger partial charge in [-0.25, -0.2) is 15.9 Å². The van der Waals surface area contributed by atoms with Crippen LogP contribution in [0, 0.1) is 5.92 Å². The summed E-state index contributed by atoms with van der Waals surface area (Å²) in [7, 11) is 3.33. The van der Waals surface area contributed by atoms with E-state index in [-0.39, 0.29) is 17.0 Å². The van der Waals surface area contributed by atoms with Gasteiger partial charge in [-0.05, 0) is 36.5 Å². The predicted molar refractivity (Wildman–Crippen MR) is 107 cm³/mol. The molecule has 1 aromatic carbocycles. The zero-order valence-electron chi connectivity index (χ0n) is 15.1. The SMILES string of the molecule is COc1ccc(C2NC(CSC3NNC(C4CC4)N3N)CS2)cc1OC. The van der Waals surface area contributed by atoms with Crippen LogP contribution in [-0.4, -0.2) is 48.4 Å². The largest absolute Gasteiger partial charge is 0.493 e. The van der Waals surface area contributed by atoms with Gasteiger partial charge in [0, 0.05) is 17.5 Å². The van der Waals surface area contributed by atoms with Crippen LogP contribution in [0.15, 0.2) is 18.2 Å². The molecule has 1 aliphatic carbocycles. The van der Waals surface area contributed by atoms with E-state index in [4.69, 9.17) is 15.3 Å². The number of nitrogens with two attached hydrogens (primary N) is 1. The summed E-state index contributed by atoms with van der Waals surface area (Å²) >= 11 is 3.79. The van der Waals surface area contributed by atoms with Crippen molar-refractivity contribution in [3.05, 3.63) is 23.8 Å². The molecule has 0 amide bonds. The average Bonchev–Trinajstić information content (AvgIpc) is 3.28. The molecule has 2 saturated heterocycles. The van der Waals surface area contributed by atoms with E-state index in [1.165, 1.54) is 18.4 Å². The molecule has 0 aromatic heterocycles. The van der Waals surface area contributed by atoms with Gasteiger partial charge in [-0.1, -0.05) is 6.07 Å². The molecule has 144 valence electrons. The van der Waals surface area contributed by atoms with E-state index in [0.717, 1.165) is 23.0 Å². The molecule has 0 radical (unpaired) electrons. The number of hydrazine groups is 2. The zero-order valence-corrected chi connectivity index (χ0v) is 16.7. The molecule has 3 aliphatic rings. The Labute approximate surface area is 163 Å². The quantitative estimate of drug-likeness (QED) is 0.511. The fourth-order valence-corrected chi connectivity index (χ4v) is 5.89. The molecular formula is C17H27N5O2S2. The molecule has 5 N–H and O–H groups in total. The fourth-order valence-electron chi connectivity index (χ4n) is 3.39. The highest BCUT2D eigenvalue weighted by atomic mass is 32.2. The third-order valence-corrected chi connectivity index (χ3v) is 7.64.